The quantitative estimate of drug-likeness (QED) is 0.502. The van der Waals surface area contributed by atoms with Gasteiger partial charge in [-0.2, -0.15) is 0 Å². The van der Waals surface area contributed by atoms with Crippen LogP contribution in [0, 0.1) is 5.92 Å². The smallest absolute Gasteiger partial charge is 0.220 e. The van der Waals surface area contributed by atoms with Gasteiger partial charge in [-0.05, 0) is 45.4 Å². The summed E-state index contributed by atoms with van der Waals surface area (Å²) < 4.78 is 10.5. The van der Waals surface area contributed by atoms with Crippen LogP contribution in [0.5, 0.6) is 0 Å². The van der Waals surface area contributed by atoms with Crippen LogP contribution in [0.15, 0.2) is 0 Å². The highest BCUT2D eigenvalue weighted by molar-refractivity contribution is 5.76. The monoisotopic (exact) mass is 342 g/mol. The summed E-state index contributed by atoms with van der Waals surface area (Å²) in [6, 6.07) is 0.188. The van der Waals surface area contributed by atoms with E-state index in [0.29, 0.717) is 51.7 Å². The van der Waals surface area contributed by atoms with Crippen molar-refractivity contribution in [3.8, 4) is 0 Å². The van der Waals surface area contributed by atoms with Crippen molar-refractivity contribution in [2.45, 2.75) is 64.8 Å². The number of carbonyl (C=O) groups excluding carboxylic acids is 2. The van der Waals surface area contributed by atoms with E-state index in [1.165, 1.54) is 0 Å². The van der Waals surface area contributed by atoms with Crippen LogP contribution in [0.4, 0.5) is 0 Å². The summed E-state index contributed by atoms with van der Waals surface area (Å²) in [5.74, 6) is 0.509. The van der Waals surface area contributed by atoms with Crippen molar-refractivity contribution in [1.29, 1.82) is 0 Å². The molecular formula is C18H34N2O4. The molecule has 1 aliphatic rings. The average molecular weight is 342 g/mol. The molecule has 0 spiro atoms. The lowest BCUT2D eigenvalue weighted by molar-refractivity contribution is -0.122. The van der Waals surface area contributed by atoms with Gasteiger partial charge in [-0.3, -0.25) is 9.59 Å². The van der Waals surface area contributed by atoms with Crippen molar-refractivity contribution in [3.63, 3.8) is 0 Å². The average Bonchev–Trinajstić information content (AvgIpc) is 3.01. The van der Waals surface area contributed by atoms with Crippen molar-refractivity contribution in [2.75, 3.05) is 33.0 Å². The van der Waals surface area contributed by atoms with Gasteiger partial charge in [0.15, 0.2) is 0 Å². The Hall–Kier alpha value is -1.14. The number of hydrogen-bond donors (Lipinski definition) is 2. The molecule has 0 aromatic rings. The lowest BCUT2D eigenvalue weighted by Gasteiger charge is -2.21. The maximum Gasteiger partial charge on any atom is 0.220 e. The highest BCUT2D eigenvalue weighted by atomic mass is 16.5. The SMILES string of the molecule is CCOCCCC(=O)NC[C@H]1CCC[C@H]1NC(=O)CCCOCC. The molecule has 0 bridgehead atoms. The lowest BCUT2D eigenvalue weighted by Crippen LogP contribution is -2.42. The number of hydrogen-bond acceptors (Lipinski definition) is 4. The zero-order valence-corrected chi connectivity index (χ0v) is 15.3. The first-order valence-electron chi connectivity index (χ1n) is 9.38. The molecule has 6 nitrogen and oxygen atoms in total. The molecule has 0 aromatic heterocycles. The number of amides is 2. The van der Waals surface area contributed by atoms with Crippen LogP contribution in [0.2, 0.25) is 0 Å². The summed E-state index contributed by atoms with van der Waals surface area (Å²) in [6.45, 7) is 7.20. The van der Waals surface area contributed by atoms with E-state index in [-0.39, 0.29) is 17.9 Å². The summed E-state index contributed by atoms with van der Waals surface area (Å²) in [5, 5.41) is 6.12. The topological polar surface area (TPSA) is 76.7 Å². The molecular weight excluding hydrogens is 308 g/mol. The van der Waals surface area contributed by atoms with Gasteiger partial charge in [0.1, 0.15) is 0 Å². The molecule has 24 heavy (non-hydrogen) atoms. The van der Waals surface area contributed by atoms with Gasteiger partial charge in [0, 0.05) is 51.9 Å². The van der Waals surface area contributed by atoms with Crippen molar-refractivity contribution < 1.29 is 19.1 Å². The van der Waals surface area contributed by atoms with Crippen LogP contribution in [-0.4, -0.2) is 50.8 Å². The molecule has 140 valence electrons. The second-order valence-corrected chi connectivity index (χ2v) is 6.27. The molecule has 1 fully saturated rings. The molecule has 1 saturated carbocycles. The van der Waals surface area contributed by atoms with Gasteiger partial charge < -0.3 is 20.1 Å². The van der Waals surface area contributed by atoms with Gasteiger partial charge >= 0.3 is 0 Å². The predicted octanol–water partition coefficient (Wildman–Crippen LogP) is 2.02. The Bertz CT molecular complexity index is 363. The van der Waals surface area contributed by atoms with E-state index in [9.17, 15) is 9.59 Å². The Balaban J connectivity index is 2.17. The Morgan fingerprint density at radius 1 is 0.958 bits per heavy atom. The summed E-state index contributed by atoms with van der Waals surface area (Å²) in [5.41, 5.74) is 0. The molecule has 1 rings (SSSR count). The Kier molecular flexibility index (Phi) is 11.5. The van der Waals surface area contributed by atoms with E-state index < -0.39 is 0 Å². The van der Waals surface area contributed by atoms with Gasteiger partial charge in [-0.15, -0.1) is 0 Å². The normalized spacial score (nSPS) is 20.1. The zero-order valence-electron chi connectivity index (χ0n) is 15.3. The molecule has 2 amide bonds. The summed E-state index contributed by atoms with van der Waals surface area (Å²) in [6.07, 6.45) is 5.69. The van der Waals surface area contributed by atoms with E-state index in [1.54, 1.807) is 0 Å². The van der Waals surface area contributed by atoms with E-state index in [2.05, 4.69) is 10.6 Å². The number of rotatable bonds is 13. The highest BCUT2D eigenvalue weighted by Gasteiger charge is 2.28. The van der Waals surface area contributed by atoms with Crippen LogP contribution in [-0.2, 0) is 19.1 Å². The summed E-state index contributed by atoms with van der Waals surface area (Å²) in [4.78, 5) is 23.8. The van der Waals surface area contributed by atoms with Crippen molar-refractivity contribution >= 4 is 11.8 Å². The third-order valence-electron chi connectivity index (χ3n) is 4.36. The molecule has 6 heteroatoms. The second kappa shape index (κ2) is 13.2. The number of ether oxygens (including phenoxy) is 2. The Morgan fingerprint density at radius 2 is 1.58 bits per heavy atom. The van der Waals surface area contributed by atoms with Gasteiger partial charge in [-0.25, -0.2) is 0 Å². The molecule has 0 saturated heterocycles. The van der Waals surface area contributed by atoms with Crippen LogP contribution in [0.3, 0.4) is 0 Å². The first-order chi connectivity index (χ1) is 11.7. The van der Waals surface area contributed by atoms with Gasteiger partial charge in [-0.1, -0.05) is 6.42 Å². The number of nitrogens with one attached hydrogen (secondary N) is 2. The Labute approximate surface area is 146 Å². The van der Waals surface area contributed by atoms with Crippen LogP contribution < -0.4 is 10.6 Å². The fourth-order valence-electron chi connectivity index (χ4n) is 3.04. The van der Waals surface area contributed by atoms with Gasteiger partial charge in [0.2, 0.25) is 11.8 Å². The maximum absolute atomic E-state index is 12.0. The molecule has 0 unspecified atom stereocenters. The van der Waals surface area contributed by atoms with Crippen LogP contribution in [0.25, 0.3) is 0 Å². The van der Waals surface area contributed by atoms with Gasteiger partial charge in [0.05, 0.1) is 0 Å². The fraction of sp³-hybridized carbons (Fsp3) is 0.889. The predicted molar refractivity (Wildman–Crippen MR) is 93.7 cm³/mol. The van der Waals surface area contributed by atoms with Gasteiger partial charge in [0.25, 0.3) is 0 Å². The molecule has 2 N–H and O–H groups in total. The highest BCUT2D eigenvalue weighted by Crippen LogP contribution is 2.25. The minimum atomic E-state index is 0.0726. The summed E-state index contributed by atoms with van der Waals surface area (Å²) >= 11 is 0. The van der Waals surface area contributed by atoms with Crippen molar-refractivity contribution in [1.82, 2.24) is 10.6 Å². The Morgan fingerprint density at radius 3 is 2.21 bits per heavy atom. The van der Waals surface area contributed by atoms with Crippen LogP contribution in [0.1, 0.15) is 58.8 Å². The first kappa shape index (κ1) is 20.9. The standard InChI is InChI=1S/C18H34N2O4/c1-3-23-12-6-10-17(21)19-14-15-8-5-9-16(15)20-18(22)11-7-13-24-4-2/h15-16H,3-14H2,1-2H3,(H,19,21)(H,20,22)/t15-,16-/m1/s1. The van der Waals surface area contributed by atoms with E-state index >= 15 is 0 Å². The fourth-order valence-corrected chi connectivity index (χ4v) is 3.04. The largest absolute Gasteiger partial charge is 0.382 e. The molecule has 0 aliphatic heterocycles. The van der Waals surface area contributed by atoms with E-state index in [4.69, 9.17) is 9.47 Å². The molecule has 1 aliphatic carbocycles. The molecule has 0 heterocycles. The lowest BCUT2D eigenvalue weighted by atomic mass is 10.0. The van der Waals surface area contributed by atoms with Crippen LogP contribution >= 0.6 is 0 Å². The first-order valence-corrected chi connectivity index (χ1v) is 9.38. The number of carbonyl (C=O) groups is 2. The second-order valence-electron chi connectivity index (χ2n) is 6.27. The molecule has 0 aromatic carbocycles. The molecule has 0 radical (unpaired) electrons. The minimum Gasteiger partial charge on any atom is -0.382 e. The third kappa shape index (κ3) is 9.23. The van der Waals surface area contributed by atoms with E-state index in [1.807, 2.05) is 13.8 Å². The van der Waals surface area contributed by atoms with Crippen molar-refractivity contribution in [2.24, 2.45) is 5.92 Å². The summed E-state index contributed by atoms with van der Waals surface area (Å²) in [7, 11) is 0. The van der Waals surface area contributed by atoms with Crippen molar-refractivity contribution in [3.05, 3.63) is 0 Å². The zero-order chi connectivity index (χ0) is 17.6. The third-order valence-corrected chi connectivity index (χ3v) is 4.36. The maximum atomic E-state index is 12.0. The molecule has 2 atom stereocenters. The van der Waals surface area contributed by atoms with E-state index in [0.717, 1.165) is 32.1 Å². The minimum absolute atomic E-state index is 0.0726.